The predicted octanol–water partition coefficient (Wildman–Crippen LogP) is 2.89. The molecule has 4 heteroatoms. The van der Waals surface area contributed by atoms with Crippen molar-refractivity contribution in [2.75, 3.05) is 0 Å². The molecular formula is C16H11NO3. The average Bonchev–Trinajstić information content (AvgIpc) is 2.46. The van der Waals surface area contributed by atoms with Gasteiger partial charge in [0.25, 0.3) is 5.56 Å². The summed E-state index contributed by atoms with van der Waals surface area (Å²) in [7, 11) is 0. The molecular weight excluding hydrogens is 254 g/mol. The molecule has 0 unspecified atom stereocenters. The number of aromatic amines is 1. The Morgan fingerprint density at radius 2 is 1.75 bits per heavy atom. The van der Waals surface area contributed by atoms with Crippen molar-refractivity contribution in [1.29, 1.82) is 0 Å². The first-order chi connectivity index (χ1) is 9.66. The highest BCUT2D eigenvalue weighted by Crippen LogP contribution is 2.21. The van der Waals surface area contributed by atoms with Crippen molar-refractivity contribution in [1.82, 2.24) is 4.98 Å². The Balaban J connectivity index is 2.32. The Morgan fingerprint density at radius 3 is 2.45 bits per heavy atom. The Hall–Kier alpha value is -2.88. The van der Waals surface area contributed by atoms with Crippen LogP contribution in [0.1, 0.15) is 10.4 Å². The highest BCUT2D eigenvalue weighted by Gasteiger charge is 2.11. The number of rotatable bonds is 2. The number of hydrogen-bond acceptors (Lipinski definition) is 2. The van der Waals surface area contributed by atoms with Gasteiger partial charge in [0.15, 0.2) is 0 Å². The SMILES string of the molecule is O=C(O)c1cccc2cc(-c3ccccc3)c(=O)[nH]c12. The fraction of sp³-hybridized carbons (Fsp3) is 0. The topological polar surface area (TPSA) is 70.2 Å². The van der Waals surface area contributed by atoms with Gasteiger partial charge in [-0.15, -0.1) is 0 Å². The van der Waals surface area contributed by atoms with E-state index in [0.717, 1.165) is 5.56 Å². The van der Waals surface area contributed by atoms with Crippen LogP contribution in [0.3, 0.4) is 0 Å². The number of carboxylic acid groups (broad SMARTS) is 1. The first-order valence-corrected chi connectivity index (χ1v) is 6.11. The van der Waals surface area contributed by atoms with Gasteiger partial charge in [0.2, 0.25) is 0 Å². The number of carboxylic acids is 1. The molecule has 2 N–H and O–H groups in total. The molecule has 1 heterocycles. The molecule has 4 nitrogen and oxygen atoms in total. The van der Waals surface area contributed by atoms with Gasteiger partial charge in [-0.25, -0.2) is 4.79 Å². The van der Waals surface area contributed by atoms with E-state index in [1.165, 1.54) is 6.07 Å². The molecule has 0 spiro atoms. The minimum atomic E-state index is -1.06. The van der Waals surface area contributed by atoms with Crippen molar-refractivity contribution in [3.8, 4) is 11.1 Å². The second-order valence-corrected chi connectivity index (χ2v) is 4.45. The summed E-state index contributed by atoms with van der Waals surface area (Å²) >= 11 is 0. The van der Waals surface area contributed by atoms with Gasteiger partial charge in [-0.2, -0.15) is 0 Å². The van der Waals surface area contributed by atoms with Crippen LogP contribution in [0.15, 0.2) is 59.4 Å². The van der Waals surface area contributed by atoms with Gasteiger partial charge in [0, 0.05) is 5.56 Å². The van der Waals surface area contributed by atoms with Crippen LogP contribution in [0.25, 0.3) is 22.0 Å². The van der Waals surface area contributed by atoms with Gasteiger partial charge >= 0.3 is 5.97 Å². The number of carbonyl (C=O) groups is 1. The lowest BCUT2D eigenvalue weighted by Crippen LogP contribution is -2.11. The largest absolute Gasteiger partial charge is 0.478 e. The van der Waals surface area contributed by atoms with Gasteiger partial charge in [-0.3, -0.25) is 4.79 Å². The molecule has 0 bridgehead atoms. The first-order valence-electron chi connectivity index (χ1n) is 6.11. The van der Waals surface area contributed by atoms with Gasteiger partial charge < -0.3 is 10.1 Å². The lowest BCUT2D eigenvalue weighted by molar-refractivity contribution is 0.0699. The number of aromatic carboxylic acids is 1. The van der Waals surface area contributed by atoms with Crippen LogP contribution in [-0.2, 0) is 0 Å². The Labute approximate surface area is 114 Å². The highest BCUT2D eigenvalue weighted by molar-refractivity contribution is 6.02. The van der Waals surface area contributed by atoms with Crippen molar-refractivity contribution in [2.45, 2.75) is 0 Å². The van der Waals surface area contributed by atoms with Crippen LogP contribution in [0.2, 0.25) is 0 Å². The van der Waals surface area contributed by atoms with Crippen LogP contribution in [0.5, 0.6) is 0 Å². The molecule has 0 saturated carbocycles. The molecule has 3 rings (SSSR count). The van der Waals surface area contributed by atoms with Crippen LogP contribution in [-0.4, -0.2) is 16.1 Å². The van der Waals surface area contributed by atoms with Crippen LogP contribution in [0, 0.1) is 0 Å². The zero-order chi connectivity index (χ0) is 14.1. The molecule has 0 amide bonds. The van der Waals surface area contributed by atoms with Gasteiger partial charge in [0.05, 0.1) is 11.1 Å². The molecule has 0 atom stereocenters. The third kappa shape index (κ3) is 1.97. The number of H-pyrrole nitrogens is 1. The number of hydrogen-bond donors (Lipinski definition) is 2. The maximum atomic E-state index is 12.2. The first kappa shape index (κ1) is 12.2. The summed E-state index contributed by atoms with van der Waals surface area (Å²) in [5.41, 5.74) is 1.48. The molecule has 20 heavy (non-hydrogen) atoms. The van der Waals surface area contributed by atoms with Crippen LogP contribution < -0.4 is 5.56 Å². The summed E-state index contributed by atoms with van der Waals surface area (Å²) in [6.07, 6.45) is 0. The summed E-state index contributed by atoms with van der Waals surface area (Å²) in [4.78, 5) is 26.0. The smallest absolute Gasteiger partial charge is 0.337 e. The third-order valence-electron chi connectivity index (χ3n) is 3.19. The van der Waals surface area contributed by atoms with E-state index in [2.05, 4.69) is 4.98 Å². The van der Waals surface area contributed by atoms with Crippen LogP contribution >= 0.6 is 0 Å². The summed E-state index contributed by atoms with van der Waals surface area (Å²) in [6, 6.07) is 15.9. The van der Waals surface area contributed by atoms with Crippen molar-refractivity contribution >= 4 is 16.9 Å². The fourth-order valence-electron chi connectivity index (χ4n) is 2.24. The van der Waals surface area contributed by atoms with E-state index in [1.54, 1.807) is 18.2 Å². The fourth-order valence-corrected chi connectivity index (χ4v) is 2.24. The molecule has 0 aliphatic rings. The van der Waals surface area contributed by atoms with Crippen molar-refractivity contribution in [3.05, 3.63) is 70.5 Å². The lowest BCUT2D eigenvalue weighted by atomic mass is 10.0. The van der Waals surface area contributed by atoms with Gasteiger partial charge in [0.1, 0.15) is 0 Å². The highest BCUT2D eigenvalue weighted by atomic mass is 16.4. The van der Waals surface area contributed by atoms with E-state index in [-0.39, 0.29) is 11.1 Å². The summed E-state index contributed by atoms with van der Waals surface area (Å²) in [6.45, 7) is 0. The Bertz CT molecular complexity index is 850. The number of aromatic nitrogens is 1. The van der Waals surface area contributed by atoms with Crippen molar-refractivity contribution in [3.63, 3.8) is 0 Å². The maximum absolute atomic E-state index is 12.2. The van der Waals surface area contributed by atoms with E-state index in [0.29, 0.717) is 16.5 Å². The number of pyridine rings is 1. The minimum absolute atomic E-state index is 0.0965. The molecule has 0 aliphatic carbocycles. The molecule has 0 radical (unpaired) electrons. The molecule has 3 aromatic rings. The van der Waals surface area contributed by atoms with E-state index in [9.17, 15) is 9.59 Å². The molecule has 2 aromatic carbocycles. The quantitative estimate of drug-likeness (QED) is 0.748. The second-order valence-electron chi connectivity index (χ2n) is 4.45. The minimum Gasteiger partial charge on any atom is -0.478 e. The van der Waals surface area contributed by atoms with E-state index < -0.39 is 5.97 Å². The molecule has 0 fully saturated rings. The van der Waals surface area contributed by atoms with Gasteiger partial charge in [-0.05, 0) is 23.1 Å². The summed E-state index contributed by atoms with van der Waals surface area (Å²) in [5, 5.41) is 9.84. The number of fused-ring (bicyclic) bond motifs is 1. The predicted molar refractivity (Wildman–Crippen MR) is 77.0 cm³/mol. The zero-order valence-corrected chi connectivity index (χ0v) is 10.5. The number of nitrogens with one attached hydrogen (secondary N) is 1. The molecule has 0 aliphatic heterocycles. The van der Waals surface area contributed by atoms with E-state index in [1.807, 2.05) is 30.3 Å². The van der Waals surface area contributed by atoms with Crippen molar-refractivity contribution in [2.24, 2.45) is 0 Å². The Kier molecular flexibility index (Phi) is 2.84. The average molecular weight is 265 g/mol. The van der Waals surface area contributed by atoms with E-state index >= 15 is 0 Å². The number of para-hydroxylation sites is 1. The lowest BCUT2D eigenvalue weighted by Gasteiger charge is -2.05. The summed E-state index contributed by atoms with van der Waals surface area (Å²) in [5.74, 6) is -1.06. The van der Waals surface area contributed by atoms with E-state index in [4.69, 9.17) is 5.11 Å². The van der Waals surface area contributed by atoms with Gasteiger partial charge in [-0.1, -0.05) is 42.5 Å². The molecule has 1 aromatic heterocycles. The standard InChI is InChI=1S/C16H11NO3/c18-15-13(10-5-2-1-3-6-10)9-11-7-4-8-12(16(19)20)14(11)17-15/h1-9H,(H,17,18)(H,19,20). The zero-order valence-electron chi connectivity index (χ0n) is 10.5. The Morgan fingerprint density at radius 1 is 1.00 bits per heavy atom. The molecule has 0 saturated heterocycles. The molecule has 98 valence electrons. The van der Waals surface area contributed by atoms with Crippen LogP contribution in [0.4, 0.5) is 0 Å². The van der Waals surface area contributed by atoms with Crippen molar-refractivity contribution < 1.29 is 9.90 Å². The maximum Gasteiger partial charge on any atom is 0.337 e. The third-order valence-corrected chi connectivity index (χ3v) is 3.19. The monoisotopic (exact) mass is 265 g/mol. The summed E-state index contributed by atoms with van der Waals surface area (Å²) < 4.78 is 0. The number of benzene rings is 2. The normalized spacial score (nSPS) is 10.6. The second kappa shape index (κ2) is 4.66.